The summed E-state index contributed by atoms with van der Waals surface area (Å²) in [7, 11) is 0. The number of benzene rings is 1. The summed E-state index contributed by atoms with van der Waals surface area (Å²) >= 11 is 0. The lowest BCUT2D eigenvalue weighted by molar-refractivity contribution is 0.166. The summed E-state index contributed by atoms with van der Waals surface area (Å²) in [5, 5.41) is 4.00. The molecule has 2 heterocycles. The molecule has 0 radical (unpaired) electrons. The second-order valence-electron chi connectivity index (χ2n) is 4.75. The lowest BCUT2D eigenvalue weighted by atomic mass is 10.0. The van der Waals surface area contributed by atoms with Gasteiger partial charge >= 0.3 is 0 Å². The standard InChI is InChI=1S/C13H15N3O2/c1-9-3-2-4-10(7-9)11-15-12(18-16-11)13(14)5-6-17-8-13/h2-4,7H,5-6,8,14H2,1H3. The SMILES string of the molecule is Cc1cccc(-c2noc(C3(N)CCOC3)n2)c1. The minimum atomic E-state index is -0.630. The normalized spacial score (nSPS) is 23.4. The lowest BCUT2D eigenvalue weighted by Crippen LogP contribution is -2.37. The fourth-order valence-electron chi connectivity index (χ4n) is 2.08. The molecule has 1 fully saturated rings. The molecule has 0 amide bonds. The van der Waals surface area contributed by atoms with E-state index in [0.29, 0.717) is 31.3 Å². The molecule has 0 saturated carbocycles. The Balaban J connectivity index is 1.94. The van der Waals surface area contributed by atoms with Crippen molar-refractivity contribution in [1.82, 2.24) is 10.1 Å². The summed E-state index contributed by atoms with van der Waals surface area (Å²) in [4.78, 5) is 4.39. The molecule has 5 nitrogen and oxygen atoms in total. The van der Waals surface area contributed by atoms with Gasteiger partial charge in [-0.2, -0.15) is 4.98 Å². The minimum absolute atomic E-state index is 0.433. The van der Waals surface area contributed by atoms with Gasteiger partial charge in [-0.25, -0.2) is 0 Å². The fraction of sp³-hybridized carbons (Fsp3) is 0.385. The molecular weight excluding hydrogens is 230 g/mol. The van der Waals surface area contributed by atoms with E-state index in [1.807, 2.05) is 31.2 Å². The molecule has 0 aliphatic carbocycles. The van der Waals surface area contributed by atoms with Crippen molar-refractivity contribution in [1.29, 1.82) is 0 Å². The first-order chi connectivity index (χ1) is 8.67. The van der Waals surface area contributed by atoms with Crippen LogP contribution < -0.4 is 5.73 Å². The maximum absolute atomic E-state index is 6.18. The van der Waals surface area contributed by atoms with E-state index in [4.69, 9.17) is 15.0 Å². The predicted molar refractivity (Wildman–Crippen MR) is 65.8 cm³/mol. The van der Waals surface area contributed by atoms with Gasteiger partial charge in [-0.05, 0) is 19.4 Å². The minimum Gasteiger partial charge on any atom is -0.379 e. The van der Waals surface area contributed by atoms with E-state index in [2.05, 4.69) is 10.1 Å². The van der Waals surface area contributed by atoms with Crippen LogP contribution in [0.5, 0.6) is 0 Å². The Kier molecular flexibility index (Phi) is 2.65. The van der Waals surface area contributed by atoms with Crippen LogP contribution in [-0.2, 0) is 10.3 Å². The quantitative estimate of drug-likeness (QED) is 0.870. The van der Waals surface area contributed by atoms with Gasteiger partial charge in [-0.3, -0.25) is 0 Å². The summed E-state index contributed by atoms with van der Waals surface area (Å²) in [6, 6.07) is 7.97. The molecule has 2 aromatic rings. The third kappa shape index (κ3) is 1.91. The van der Waals surface area contributed by atoms with Gasteiger partial charge in [0.25, 0.3) is 0 Å². The van der Waals surface area contributed by atoms with Crippen LogP contribution in [0.25, 0.3) is 11.4 Å². The Bertz CT molecular complexity index is 559. The summed E-state index contributed by atoms with van der Waals surface area (Å²) in [6.45, 7) is 3.10. The number of nitrogens with zero attached hydrogens (tertiary/aromatic N) is 2. The maximum atomic E-state index is 6.18. The van der Waals surface area contributed by atoms with Crippen LogP contribution in [0.3, 0.4) is 0 Å². The Morgan fingerprint density at radius 2 is 2.28 bits per heavy atom. The highest BCUT2D eigenvalue weighted by molar-refractivity contribution is 5.55. The zero-order chi connectivity index (χ0) is 12.6. The number of aromatic nitrogens is 2. The largest absolute Gasteiger partial charge is 0.379 e. The van der Waals surface area contributed by atoms with Crippen molar-refractivity contribution in [3.63, 3.8) is 0 Å². The molecule has 18 heavy (non-hydrogen) atoms. The maximum Gasteiger partial charge on any atom is 0.249 e. The van der Waals surface area contributed by atoms with Gasteiger partial charge in [0, 0.05) is 12.2 Å². The molecule has 1 atom stereocenters. The van der Waals surface area contributed by atoms with Gasteiger partial charge in [0.05, 0.1) is 6.61 Å². The number of rotatable bonds is 2. The van der Waals surface area contributed by atoms with E-state index < -0.39 is 5.54 Å². The van der Waals surface area contributed by atoms with Crippen molar-refractivity contribution >= 4 is 0 Å². The number of aryl methyl sites for hydroxylation is 1. The highest BCUT2D eigenvalue weighted by Crippen LogP contribution is 2.28. The van der Waals surface area contributed by atoms with E-state index >= 15 is 0 Å². The van der Waals surface area contributed by atoms with Crippen LogP contribution in [0.2, 0.25) is 0 Å². The van der Waals surface area contributed by atoms with Gasteiger partial charge in [0.1, 0.15) is 5.54 Å². The molecule has 2 N–H and O–H groups in total. The van der Waals surface area contributed by atoms with Crippen LogP contribution in [0, 0.1) is 6.92 Å². The Labute approximate surface area is 105 Å². The molecule has 3 rings (SSSR count). The van der Waals surface area contributed by atoms with E-state index in [1.165, 1.54) is 0 Å². The number of ether oxygens (including phenoxy) is 1. The van der Waals surface area contributed by atoms with Crippen molar-refractivity contribution in [3.8, 4) is 11.4 Å². The van der Waals surface area contributed by atoms with E-state index in [1.54, 1.807) is 0 Å². The number of nitrogens with two attached hydrogens (primary N) is 1. The van der Waals surface area contributed by atoms with Crippen LogP contribution in [0.4, 0.5) is 0 Å². The van der Waals surface area contributed by atoms with E-state index in [0.717, 1.165) is 11.1 Å². The Morgan fingerprint density at radius 3 is 3.00 bits per heavy atom. The van der Waals surface area contributed by atoms with Crippen molar-refractivity contribution in [3.05, 3.63) is 35.7 Å². The summed E-state index contributed by atoms with van der Waals surface area (Å²) in [5.41, 5.74) is 7.65. The van der Waals surface area contributed by atoms with Gasteiger partial charge < -0.3 is 15.0 Å². The van der Waals surface area contributed by atoms with Crippen molar-refractivity contribution in [2.75, 3.05) is 13.2 Å². The molecule has 1 aromatic carbocycles. The molecule has 1 saturated heterocycles. The molecule has 1 aliphatic rings. The molecule has 1 aromatic heterocycles. The van der Waals surface area contributed by atoms with Crippen LogP contribution >= 0.6 is 0 Å². The van der Waals surface area contributed by atoms with Crippen molar-refractivity contribution < 1.29 is 9.26 Å². The summed E-state index contributed by atoms with van der Waals surface area (Å²) < 4.78 is 10.6. The Morgan fingerprint density at radius 1 is 1.39 bits per heavy atom. The topological polar surface area (TPSA) is 74.2 Å². The van der Waals surface area contributed by atoms with Crippen LogP contribution in [-0.4, -0.2) is 23.4 Å². The molecule has 94 valence electrons. The average molecular weight is 245 g/mol. The number of hydrogen-bond acceptors (Lipinski definition) is 5. The zero-order valence-corrected chi connectivity index (χ0v) is 10.2. The van der Waals surface area contributed by atoms with Crippen molar-refractivity contribution in [2.45, 2.75) is 18.9 Å². The first-order valence-electron chi connectivity index (χ1n) is 5.95. The highest BCUT2D eigenvalue weighted by Gasteiger charge is 2.38. The number of hydrogen-bond donors (Lipinski definition) is 1. The average Bonchev–Trinajstić information content (AvgIpc) is 2.98. The Hall–Kier alpha value is -1.72. The van der Waals surface area contributed by atoms with E-state index in [9.17, 15) is 0 Å². The smallest absolute Gasteiger partial charge is 0.249 e. The summed E-state index contributed by atoms with van der Waals surface area (Å²) in [6.07, 6.45) is 0.711. The molecule has 1 aliphatic heterocycles. The first kappa shape index (κ1) is 11.4. The lowest BCUT2D eigenvalue weighted by Gasteiger charge is -2.14. The van der Waals surface area contributed by atoms with Gasteiger partial charge in [-0.15, -0.1) is 0 Å². The van der Waals surface area contributed by atoms with Crippen LogP contribution in [0.15, 0.2) is 28.8 Å². The van der Waals surface area contributed by atoms with Gasteiger partial charge in [0.2, 0.25) is 11.7 Å². The zero-order valence-electron chi connectivity index (χ0n) is 10.2. The third-order valence-corrected chi connectivity index (χ3v) is 3.18. The summed E-state index contributed by atoms with van der Waals surface area (Å²) in [5.74, 6) is 1.03. The second-order valence-corrected chi connectivity index (χ2v) is 4.75. The van der Waals surface area contributed by atoms with E-state index in [-0.39, 0.29) is 0 Å². The fourth-order valence-corrected chi connectivity index (χ4v) is 2.08. The molecule has 0 spiro atoms. The molecular formula is C13H15N3O2. The van der Waals surface area contributed by atoms with Crippen molar-refractivity contribution in [2.24, 2.45) is 5.73 Å². The van der Waals surface area contributed by atoms with Gasteiger partial charge in [-0.1, -0.05) is 28.9 Å². The second kappa shape index (κ2) is 4.19. The predicted octanol–water partition coefficient (Wildman–Crippen LogP) is 1.62. The first-order valence-corrected chi connectivity index (χ1v) is 5.95. The molecule has 5 heteroatoms. The van der Waals surface area contributed by atoms with Crippen LogP contribution in [0.1, 0.15) is 17.9 Å². The highest BCUT2D eigenvalue weighted by atomic mass is 16.5. The monoisotopic (exact) mass is 245 g/mol. The van der Waals surface area contributed by atoms with Gasteiger partial charge in [0.15, 0.2) is 0 Å². The molecule has 1 unspecified atom stereocenters. The third-order valence-electron chi connectivity index (χ3n) is 3.18. The molecule has 0 bridgehead atoms.